The highest BCUT2D eigenvalue weighted by Gasteiger charge is 2.05. The number of hydrogen-bond acceptors (Lipinski definition) is 2. The molecule has 0 aromatic heterocycles. The number of benzene rings is 1. The van der Waals surface area contributed by atoms with Crippen molar-refractivity contribution in [3.8, 4) is 0 Å². The molecular formula is C9H10BrNO. The SMILES string of the molecule is CC(=O)Cc1c(N)cccc1Br. The highest BCUT2D eigenvalue weighted by molar-refractivity contribution is 9.10. The molecule has 0 atom stereocenters. The Morgan fingerprint density at radius 1 is 1.58 bits per heavy atom. The van der Waals surface area contributed by atoms with E-state index in [-0.39, 0.29) is 5.78 Å². The zero-order chi connectivity index (χ0) is 9.14. The summed E-state index contributed by atoms with van der Waals surface area (Å²) in [6.07, 6.45) is 0.396. The van der Waals surface area contributed by atoms with Crippen molar-refractivity contribution in [2.24, 2.45) is 0 Å². The molecule has 64 valence electrons. The first kappa shape index (κ1) is 9.26. The number of nitrogen functional groups attached to an aromatic ring is 1. The van der Waals surface area contributed by atoms with Gasteiger partial charge in [-0.05, 0) is 24.6 Å². The summed E-state index contributed by atoms with van der Waals surface area (Å²) < 4.78 is 0.901. The lowest BCUT2D eigenvalue weighted by Gasteiger charge is -2.04. The van der Waals surface area contributed by atoms with Crippen molar-refractivity contribution in [1.82, 2.24) is 0 Å². The Kier molecular flexibility index (Phi) is 2.87. The van der Waals surface area contributed by atoms with Gasteiger partial charge in [-0.1, -0.05) is 22.0 Å². The van der Waals surface area contributed by atoms with E-state index >= 15 is 0 Å². The normalized spacial score (nSPS) is 9.83. The van der Waals surface area contributed by atoms with Crippen LogP contribution in [0.5, 0.6) is 0 Å². The first-order chi connectivity index (χ1) is 5.61. The monoisotopic (exact) mass is 227 g/mol. The van der Waals surface area contributed by atoms with E-state index in [9.17, 15) is 4.79 Å². The molecule has 0 aliphatic heterocycles. The Bertz CT molecular complexity index is 289. The summed E-state index contributed by atoms with van der Waals surface area (Å²) in [4.78, 5) is 10.8. The second-order valence-corrected chi connectivity index (χ2v) is 3.54. The third kappa shape index (κ3) is 2.08. The van der Waals surface area contributed by atoms with Gasteiger partial charge in [-0.25, -0.2) is 0 Å². The fourth-order valence-corrected chi connectivity index (χ4v) is 1.53. The smallest absolute Gasteiger partial charge is 0.134 e. The maximum absolute atomic E-state index is 10.8. The second-order valence-electron chi connectivity index (χ2n) is 2.69. The number of nitrogens with two attached hydrogens (primary N) is 1. The first-order valence-electron chi connectivity index (χ1n) is 3.63. The fraction of sp³-hybridized carbons (Fsp3) is 0.222. The van der Waals surface area contributed by atoms with Crippen LogP contribution < -0.4 is 5.73 Å². The van der Waals surface area contributed by atoms with Gasteiger partial charge in [-0.3, -0.25) is 4.79 Å². The van der Waals surface area contributed by atoms with E-state index in [1.807, 2.05) is 12.1 Å². The molecule has 1 aromatic carbocycles. The van der Waals surface area contributed by atoms with Crippen molar-refractivity contribution in [1.29, 1.82) is 0 Å². The zero-order valence-electron chi connectivity index (χ0n) is 6.80. The molecule has 1 rings (SSSR count). The van der Waals surface area contributed by atoms with Crippen LogP contribution in [-0.2, 0) is 11.2 Å². The minimum absolute atomic E-state index is 0.119. The Morgan fingerprint density at radius 2 is 2.25 bits per heavy atom. The molecule has 1 aromatic rings. The average molecular weight is 228 g/mol. The maximum atomic E-state index is 10.8. The summed E-state index contributed by atoms with van der Waals surface area (Å²) in [5, 5.41) is 0. The third-order valence-corrected chi connectivity index (χ3v) is 2.32. The van der Waals surface area contributed by atoms with Gasteiger partial charge in [0.2, 0.25) is 0 Å². The van der Waals surface area contributed by atoms with Crippen LogP contribution in [0.1, 0.15) is 12.5 Å². The molecule has 2 N–H and O–H groups in total. The molecule has 0 unspecified atom stereocenters. The van der Waals surface area contributed by atoms with E-state index in [4.69, 9.17) is 5.73 Å². The molecule has 0 bridgehead atoms. The van der Waals surface area contributed by atoms with Gasteiger partial charge in [-0.2, -0.15) is 0 Å². The molecule has 0 saturated carbocycles. The van der Waals surface area contributed by atoms with E-state index in [1.54, 1.807) is 13.0 Å². The predicted octanol–water partition coefficient (Wildman–Crippen LogP) is 2.16. The maximum Gasteiger partial charge on any atom is 0.134 e. The molecule has 3 heteroatoms. The molecule has 0 aliphatic carbocycles. The van der Waals surface area contributed by atoms with E-state index in [1.165, 1.54) is 0 Å². The van der Waals surface area contributed by atoms with Gasteiger partial charge in [0.1, 0.15) is 5.78 Å². The number of hydrogen-bond donors (Lipinski definition) is 1. The molecule has 0 saturated heterocycles. The van der Waals surface area contributed by atoms with Gasteiger partial charge in [0.05, 0.1) is 0 Å². The summed E-state index contributed by atoms with van der Waals surface area (Å²) in [5.41, 5.74) is 7.23. The van der Waals surface area contributed by atoms with E-state index in [0.29, 0.717) is 12.1 Å². The molecule has 0 aliphatic rings. The number of halogens is 1. The third-order valence-electron chi connectivity index (χ3n) is 1.58. The van der Waals surface area contributed by atoms with E-state index in [2.05, 4.69) is 15.9 Å². The highest BCUT2D eigenvalue weighted by Crippen LogP contribution is 2.22. The van der Waals surface area contributed by atoms with Gasteiger partial charge in [0.25, 0.3) is 0 Å². The highest BCUT2D eigenvalue weighted by atomic mass is 79.9. The topological polar surface area (TPSA) is 43.1 Å². The minimum Gasteiger partial charge on any atom is -0.398 e. The van der Waals surface area contributed by atoms with Gasteiger partial charge in [0.15, 0.2) is 0 Å². The predicted molar refractivity (Wildman–Crippen MR) is 52.9 cm³/mol. The van der Waals surface area contributed by atoms with Crippen LogP contribution in [0.25, 0.3) is 0 Å². The van der Waals surface area contributed by atoms with Crippen LogP contribution in [0, 0.1) is 0 Å². The lowest BCUT2D eigenvalue weighted by molar-refractivity contribution is -0.116. The number of carbonyl (C=O) groups is 1. The molecule has 12 heavy (non-hydrogen) atoms. The minimum atomic E-state index is 0.119. The van der Waals surface area contributed by atoms with Crippen molar-refractivity contribution in [2.75, 3.05) is 5.73 Å². The molecule has 0 spiro atoms. The van der Waals surface area contributed by atoms with Gasteiger partial charge in [0, 0.05) is 16.6 Å². The van der Waals surface area contributed by atoms with Gasteiger partial charge >= 0.3 is 0 Å². The fourth-order valence-electron chi connectivity index (χ4n) is 1.01. The number of rotatable bonds is 2. The molecule has 0 fully saturated rings. The van der Waals surface area contributed by atoms with E-state index in [0.717, 1.165) is 10.0 Å². The van der Waals surface area contributed by atoms with Crippen molar-refractivity contribution in [3.05, 3.63) is 28.2 Å². The quantitative estimate of drug-likeness (QED) is 0.788. The van der Waals surface area contributed by atoms with E-state index < -0.39 is 0 Å². The molecule has 0 radical (unpaired) electrons. The lowest BCUT2D eigenvalue weighted by Crippen LogP contribution is -2.01. The van der Waals surface area contributed by atoms with Crippen LogP contribution in [0.2, 0.25) is 0 Å². The lowest BCUT2D eigenvalue weighted by atomic mass is 10.1. The number of ketones is 1. The van der Waals surface area contributed by atoms with Gasteiger partial charge < -0.3 is 5.73 Å². The largest absolute Gasteiger partial charge is 0.398 e. The Morgan fingerprint density at radius 3 is 2.75 bits per heavy atom. The second kappa shape index (κ2) is 3.72. The summed E-state index contributed by atoms with van der Waals surface area (Å²) >= 11 is 3.34. The standard InChI is InChI=1S/C9H10BrNO/c1-6(12)5-7-8(10)3-2-4-9(7)11/h2-4H,5,11H2,1H3. The van der Waals surface area contributed by atoms with Crippen molar-refractivity contribution in [2.45, 2.75) is 13.3 Å². The Hall–Kier alpha value is -0.830. The Labute approximate surface area is 79.9 Å². The molecule has 2 nitrogen and oxygen atoms in total. The number of Topliss-reactive ketones (excluding diaryl/α,β-unsaturated/α-hetero) is 1. The molecule has 0 amide bonds. The van der Waals surface area contributed by atoms with Crippen LogP contribution in [0.4, 0.5) is 5.69 Å². The summed E-state index contributed by atoms with van der Waals surface area (Å²) in [6.45, 7) is 1.55. The van der Waals surface area contributed by atoms with Crippen LogP contribution in [0.3, 0.4) is 0 Å². The zero-order valence-corrected chi connectivity index (χ0v) is 8.39. The Balaban J connectivity index is 3.04. The molecular weight excluding hydrogens is 218 g/mol. The first-order valence-corrected chi connectivity index (χ1v) is 4.43. The van der Waals surface area contributed by atoms with Crippen LogP contribution in [0.15, 0.2) is 22.7 Å². The number of carbonyl (C=O) groups excluding carboxylic acids is 1. The summed E-state index contributed by atoms with van der Waals surface area (Å²) in [6, 6.07) is 5.53. The van der Waals surface area contributed by atoms with Crippen LogP contribution >= 0.6 is 15.9 Å². The van der Waals surface area contributed by atoms with Crippen molar-refractivity contribution in [3.63, 3.8) is 0 Å². The summed E-state index contributed by atoms with van der Waals surface area (Å²) in [5.74, 6) is 0.119. The van der Waals surface area contributed by atoms with Crippen molar-refractivity contribution >= 4 is 27.4 Å². The van der Waals surface area contributed by atoms with Crippen LogP contribution in [-0.4, -0.2) is 5.78 Å². The number of anilines is 1. The average Bonchev–Trinajstić information content (AvgIpc) is 1.97. The summed E-state index contributed by atoms with van der Waals surface area (Å²) in [7, 11) is 0. The van der Waals surface area contributed by atoms with Gasteiger partial charge in [-0.15, -0.1) is 0 Å². The molecule has 0 heterocycles. The van der Waals surface area contributed by atoms with Crippen molar-refractivity contribution < 1.29 is 4.79 Å².